The van der Waals surface area contributed by atoms with Crippen molar-refractivity contribution in [2.45, 2.75) is 25.9 Å². The largest absolute Gasteiger partial charge is 0.343 e. The Morgan fingerprint density at radius 3 is 2.31 bits per heavy atom. The van der Waals surface area contributed by atoms with E-state index in [2.05, 4.69) is 10.6 Å². The van der Waals surface area contributed by atoms with Gasteiger partial charge in [-0.1, -0.05) is 56.3 Å². The Balaban J connectivity index is 1.99. The van der Waals surface area contributed by atoms with Crippen molar-refractivity contribution in [3.8, 4) is 0 Å². The van der Waals surface area contributed by atoms with Crippen LogP contribution in [0, 0.1) is 5.92 Å². The number of nitrogens with two attached hydrogens (primary N) is 1. The molecule has 0 saturated carbocycles. The molecule has 3 rings (SSSR count). The van der Waals surface area contributed by atoms with E-state index in [-0.39, 0.29) is 24.3 Å². The Hall–Kier alpha value is -3.19. The molecular formula is C22H27N5O2. The minimum Gasteiger partial charge on any atom is -0.343 e. The predicted octanol–water partition coefficient (Wildman–Crippen LogP) is 1.88. The van der Waals surface area contributed by atoms with Crippen molar-refractivity contribution in [2.24, 2.45) is 18.7 Å². The van der Waals surface area contributed by atoms with Crippen LogP contribution in [0.15, 0.2) is 54.6 Å². The fraction of sp³-hybridized carbons (Fsp3) is 0.318. The topological polar surface area (TPSA) is 102 Å². The molecule has 152 valence electrons. The first-order valence-electron chi connectivity index (χ1n) is 9.68. The molecule has 0 saturated heterocycles. The minimum absolute atomic E-state index is 0.0950. The third kappa shape index (κ3) is 4.46. The molecule has 1 heterocycles. The number of rotatable bonds is 7. The second kappa shape index (κ2) is 8.87. The van der Waals surface area contributed by atoms with Crippen LogP contribution < -0.4 is 16.4 Å². The SMILES string of the molecule is CC(C)[C@@H](NC(=O)CN)C(=O)NC(c1ccccc1)c1nc2ccccc2n1C. The number of carbonyl (C=O) groups is 2. The van der Waals surface area contributed by atoms with Crippen molar-refractivity contribution in [1.82, 2.24) is 20.2 Å². The zero-order valence-corrected chi connectivity index (χ0v) is 16.9. The molecule has 0 aliphatic heterocycles. The molecule has 2 amide bonds. The standard InChI is InChI=1S/C22H27N5O2/c1-14(2)19(25-18(28)13-23)22(29)26-20(15-9-5-4-6-10-15)21-24-16-11-7-8-12-17(16)27(21)3/h4-12,14,19-20H,13,23H2,1-3H3,(H,25,28)(H,26,29)/t19-,20?/m1/s1. The summed E-state index contributed by atoms with van der Waals surface area (Å²) in [6.45, 7) is 3.60. The van der Waals surface area contributed by atoms with E-state index in [9.17, 15) is 9.59 Å². The van der Waals surface area contributed by atoms with Gasteiger partial charge in [0.05, 0.1) is 17.6 Å². The number of benzene rings is 2. The Bertz CT molecular complexity index is 997. The second-order valence-corrected chi connectivity index (χ2v) is 7.36. The summed E-state index contributed by atoms with van der Waals surface area (Å²) in [5.41, 5.74) is 8.16. The van der Waals surface area contributed by atoms with Crippen LogP contribution >= 0.6 is 0 Å². The maximum Gasteiger partial charge on any atom is 0.243 e. The summed E-state index contributed by atoms with van der Waals surface area (Å²) in [5, 5.41) is 5.80. The third-order valence-electron chi connectivity index (χ3n) is 4.95. The van der Waals surface area contributed by atoms with E-state index in [1.807, 2.05) is 80.1 Å². The van der Waals surface area contributed by atoms with Gasteiger partial charge in [0, 0.05) is 7.05 Å². The van der Waals surface area contributed by atoms with Crippen LogP contribution in [-0.4, -0.2) is 34.0 Å². The number of fused-ring (bicyclic) bond motifs is 1. The van der Waals surface area contributed by atoms with Crippen LogP contribution in [0.2, 0.25) is 0 Å². The van der Waals surface area contributed by atoms with Gasteiger partial charge < -0.3 is 20.9 Å². The number of hydrogen-bond donors (Lipinski definition) is 3. The first kappa shape index (κ1) is 20.5. The molecule has 0 spiro atoms. The van der Waals surface area contributed by atoms with E-state index in [1.54, 1.807) is 0 Å². The lowest BCUT2D eigenvalue weighted by Gasteiger charge is -2.25. The Kier molecular flexibility index (Phi) is 6.29. The zero-order valence-electron chi connectivity index (χ0n) is 16.9. The molecule has 1 unspecified atom stereocenters. The van der Waals surface area contributed by atoms with Gasteiger partial charge in [-0.2, -0.15) is 0 Å². The molecule has 29 heavy (non-hydrogen) atoms. The van der Waals surface area contributed by atoms with Gasteiger partial charge in [0.1, 0.15) is 17.9 Å². The molecule has 4 N–H and O–H groups in total. The first-order valence-corrected chi connectivity index (χ1v) is 9.68. The lowest BCUT2D eigenvalue weighted by Crippen LogP contribution is -2.52. The second-order valence-electron chi connectivity index (χ2n) is 7.36. The van der Waals surface area contributed by atoms with Crippen molar-refractivity contribution in [3.05, 3.63) is 66.0 Å². The summed E-state index contributed by atoms with van der Waals surface area (Å²) in [6, 6.07) is 16.4. The van der Waals surface area contributed by atoms with Gasteiger partial charge in [-0.25, -0.2) is 4.98 Å². The smallest absolute Gasteiger partial charge is 0.243 e. The Labute approximate surface area is 170 Å². The fourth-order valence-electron chi connectivity index (χ4n) is 3.36. The number of aryl methyl sites for hydroxylation is 1. The van der Waals surface area contributed by atoms with E-state index in [1.165, 1.54) is 0 Å². The van der Waals surface area contributed by atoms with E-state index >= 15 is 0 Å². The molecule has 3 aromatic rings. The lowest BCUT2D eigenvalue weighted by molar-refractivity contribution is -0.129. The quantitative estimate of drug-likeness (QED) is 0.570. The predicted molar refractivity (Wildman–Crippen MR) is 113 cm³/mol. The molecule has 0 bridgehead atoms. The highest BCUT2D eigenvalue weighted by atomic mass is 16.2. The fourth-order valence-corrected chi connectivity index (χ4v) is 3.36. The van der Waals surface area contributed by atoms with Crippen molar-refractivity contribution in [3.63, 3.8) is 0 Å². The van der Waals surface area contributed by atoms with Gasteiger partial charge in [0.25, 0.3) is 0 Å². The number of imidazole rings is 1. The summed E-state index contributed by atoms with van der Waals surface area (Å²) in [4.78, 5) is 29.7. The average Bonchev–Trinajstić information content (AvgIpc) is 3.06. The number of carbonyl (C=O) groups excluding carboxylic acids is 2. The number of nitrogens with one attached hydrogen (secondary N) is 2. The summed E-state index contributed by atoms with van der Waals surface area (Å²) < 4.78 is 1.98. The Morgan fingerprint density at radius 1 is 1.03 bits per heavy atom. The van der Waals surface area contributed by atoms with Gasteiger partial charge in [-0.3, -0.25) is 9.59 Å². The highest BCUT2D eigenvalue weighted by Gasteiger charge is 2.29. The van der Waals surface area contributed by atoms with Crippen LogP contribution in [0.3, 0.4) is 0 Å². The molecule has 0 aliphatic carbocycles. The van der Waals surface area contributed by atoms with Crippen LogP contribution in [-0.2, 0) is 16.6 Å². The van der Waals surface area contributed by atoms with Gasteiger partial charge in [0.15, 0.2) is 0 Å². The molecule has 7 nitrogen and oxygen atoms in total. The van der Waals surface area contributed by atoms with Crippen molar-refractivity contribution in [1.29, 1.82) is 0 Å². The van der Waals surface area contributed by atoms with Crippen LogP contribution in [0.4, 0.5) is 0 Å². The lowest BCUT2D eigenvalue weighted by atomic mass is 10.0. The summed E-state index contributed by atoms with van der Waals surface area (Å²) in [7, 11) is 1.93. The van der Waals surface area contributed by atoms with Gasteiger partial charge >= 0.3 is 0 Å². The molecule has 7 heteroatoms. The van der Waals surface area contributed by atoms with E-state index in [0.29, 0.717) is 0 Å². The minimum atomic E-state index is -0.688. The van der Waals surface area contributed by atoms with Gasteiger partial charge in [-0.05, 0) is 23.6 Å². The van der Waals surface area contributed by atoms with E-state index in [0.717, 1.165) is 22.4 Å². The molecule has 2 aromatic carbocycles. The number of hydrogen-bond acceptors (Lipinski definition) is 4. The zero-order chi connectivity index (χ0) is 21.0. The van der Waals surface area contributed by atoms with Gasteiger partial charge in [0.2, 0.25) is 11.8 Å². The van der Waals surface area contributed by atoms with Crippen LogP contribution in [0.25, 0.3) is 11.0 Å². The summed E-state index contributed by atoms with van der Waals surface area (Å²) >= 11 is 0. The maximum absolute atomic E-state index is 13.1. The number of aromatic nitrogens is 2. The summed E-state index contributed by atoms with van der Waals surface area (Å²) in [6.07, 6.45) is 0. The highest BCUT2D eigenvalue weighted by Crippen LogP contribution is 2.25. The third-order valence-corrected chi connectivity index (χ3v) is 4.95. The summed E-state index contributed by atoms with van der Waals surface area (Å²) in [5.74, 6) is -0.0127. The molecular weight excluding hydrogens is 366 g/mol. The maximum atomic E-state index is 13.1. The van der Waals surface area contributed by atoms with E-state index in [4.69, 9.17) is 10.7 Å². The van der Waals surface area contributed by atoms with Crippen molar-refractivity contribution in [2.75, 3.05) is 6.54 Å². The van der Waals surface area contributed by atoms with Gasteiger partial charge in [-0.15, -0.1) is 0 Å². The van der Waals surface area contributed by atoms with E-state index < -0.39 is 12.1 Å². The number of amides is 2. The molecule has 0 fully saturated rings. The number of para-hydroxylation sites is 2. The number of nitrogens with zero attached hydrogens (tertiary/aromatic N) is 2. The average molecular weight is 393 g/mol. The van der Waals surface area contributed by atoms with Crippen molar-refractivity contribution < 1.29 is 9.59 Å². The van der Waals surface area contributed by atoms with Crippen LogP contribution in [0.1, 0.15) is 31.3 Å². The molecule has 1 aromatic heterocycles. The Morgan fingerprint density at radius 2 is 1.69 bits per heavy atom. The first-order chi connectivity index (χ1) is 13.9. The van der Waals surface area contributed by atoms with Crippen LogP contribution in [0.5, 0.6) is 0 Å². The molecule has 0 aliphatic rings. The highest BCUT2D eigenvalue weighted by molar-refractivity contribution is 5.89. The normalized spacial score (nSPS) is 13.3. The van der Waals surface area contributed by atoms with Crippen molar-refractivity contribution >= 4 is 22.8 Å². The molecule has 2 atom stereocenters. The molecule has 0 radical (unpaired) electrons. The monoisotopic (exact) mass is 393 g/mol.